The van der Waals surface area contributed by atoms with Gasteiger partial charge in [-0.1, -0.05) is 28.1 Å². The molecule has 2 aromatic rings. The summed E-state index contributed by atoms with van der Waals surface area (Å²) < 4.78 is 44.0. The van der Waals surface area contributed by atoms with Crippen LogP contribution < -0.4 is 14.5 Å². The second-order valence-electron chi connectivity index (χ2n) is 9.10. The molecule has 0 bridgehead atoms. The van der Waals surface area contributed by atoms with Gasteiger partial charge in [0.25, 0.3) is 0 Å². The summed E-state index contributed by atoms with van der Waals surface area (Å²) in [5.41, 5.74) is 2.02. The van der Waals surface area contributed by atoms with Crippen LogP contribution in [0.1, 0.15) is 18.4 Å². The predicted octanol–water partition coefficient (Wildman–Crippen LogP) is 2.99. The van der Waals surface area contributed by atoms with Crippen molar-refractivity contribution in [2.24, 2.45) is 5.92 Å². The van der Waals surface area contributed by atoms with Gasteiger partial charge in [0.1, 0.15) is 10.7 Å². The van der Waals surface area contributed by atoms with Crippen LogP contribution in [-0.2, 0) is 21.2 Å². The first kappa shape index (κ1) is 23.7. The van der Waals surface area contributed by atoms with E-state index < -0.39 is 10.0 Å². The van der Waals surface area contributed by atoms with E-state index in [9.17, 15) is 17.6 Å². The van der Waals surface area contributed by atoms with Crippen molar-refractivity contribution in [3.8, 4) is 0 Å². The van der Waals surface area contributed by atoms with Gasteiger partial charge in [-0.3, -0.25) is 9.69 Å². The van der Waals surface area contributed by atoms with Gasteiger partial charge in [0.2, 0.25) is 15.9 Å². The number of hydrogen-bond donors (Lipinski definition) is 1. The topological polar surface area (TPSA) is 73.0 Å². The number of carbonyl (C=O) groups excluding carboxylic acids is 1. The minimum atomic E-state index is -3.80. The fraction of sp³-hybridized carbons (Fsp3) is 0.458. The molecule has 2 aromatic carbocycles. The molecule has 1 amide bonds. The largest absolute Gasteiger partial charge is 0.367 e. The molecule has 5 rings (SSSR count). The lowest BCUT2D eigenvalue weighted by atomic mass is 10.2. The van der Waals surface area contributed by atoms with Gasteiger partial charge in [0, 0.05) is 56.2 Å². The van der Waals surface area contributed by atoms with Crippen molar-refractivity contribution < 1.29 is 17.6 Å². The monoisotopic (exact) mass is 550 g/mol. The number of carbonyl (C=O) groups is 1. The van der Waals surface area contributed by atoms with Gasteiger partial charge in [0.15, 0.2) is 0 Å². The Morgan fingerprint density at radius 3 is 2.53 bits per heavy atom. The molecule has 2 aliphatic heterocycles. The van der Waals surface area contributed by atoms with Gasteiger partial charge in [-0.05, 0) is 49.1 Å². The maximum atomic E-state index is 14.1. The normalized spacial score (nSPS) is 18.9. The van der Waals surface area contributed by atoms with Crippen LogP contribution in [0.3, 0.4) is 0 Å². The molecule has 34 heavy (non-hydrogen) atoms. The van der Waals surface area contributed by atoms with E-state index >= 15 is 0 Å². The van der Waals surface area contributed by atoms with E-state index in [-0.39, 0.29) is 29.1 Å². The third-order valence-corrected chi connectivity index (χ3v) is 8.69. The summed E-state index contributed by atoms with van der Waals surface area (Å²) in [6.45, 7) is 4.18. The van der Waals surface area contributed by atoms with Crippen molar-refractivity contribution >= 4 is 43.2 Å². The molecule has 0 unspecified atom stereocenters. The molecule has 0 atom stereocenters. The molecule has 2 heterocycles. The van der Waals surface area contributed by atoms with Gasteiger partial charge in [-0.25, -0.2) is 17.5 Å². The van der Waals surface area contributed by atoms with E-state index in [1.807, 2.05) is 17.0 Å². The Labute approximate surface area is 208 Å². The average molecular weight is 551 g/mol. The first-order chi connectivity index (χ1) is 16.3. The first-order valence-corrected chi connectivity index (χ1v) is 14.0. The van der Waals surface area contributed by atoms with Crippen LogP contribution in [-0.4, -0.2) is 65.0 Å². The lowest BCUT2D eigenvalue weighted by molar-refractivity contribution is -0.119. The standard InChI is InChI=1S/C24H28BrFN4O3S/c25-19-15-18-7-9-30(24(31)17-5-6-17)23(18)22(16-19)34(32,33)27-8-10-28-11-13-29(14-12-28)21-4-2-1-3-20(21)26/h1-4,15-17,27H,5-14H2. The van der Waals surface area contributed by atoms with E-state index in [2.05, 4.69) is 25.6 Å². The van der Waals surface area contributed by atoms with Gasteiger partial charge >= 0.3 is 0 Å². The fourth-order valence-electron chi connectivity index (χ4n) is 4.78. The average Bonchev–Trinajstić information content (AvgIpc) is 3.58. The summed E-state index contributed by atoms with van der Waals surface area (Å²) in [5.74, 6) is -0.161. The minimum absolute atomic E-state index is 0.0288. The highest BCUT2D eigenvalue weighted by molar-refractivity contribution is 9.10. The summed E-state index contributed by atoms with van der Waals surface area (Å²) in [6, 6.07) is 10.3. The molecule has 2 fully saturated rings. The highest BCUT2D eigenvalue weighted by Crippen LogP contribution is 2.41. The van der Waals surface area contributed by atoms with E-state index in [4.69, 9.17) is 0 Å². The van der Waals surface area contributed by atoms with Crippen LogP contribution in [0.2, 0.25) is 0 Å². The zero-order valence-corrected chi connectivity index (χ0v) is 21.2. The molecule has 1 N–H and O–H groups in total. The third-order valence-electron chi connectivity index (χ3n) is 6.76. The van der Waals surface area contributed by atoms with Crippen LogP contribution in [0.25, 0.3) is 0 Å². The van der Waals surface area contributed by atoms with Crippen LogP contribution >= 0.6 is 15.9 Å². The highest BCUT2D eigenvalue weighted by atomic mass is 79.9. The van der Waals surface area contributed by atoms with E-state index in [1.54, 1.807) is 23.1 Å². The molecular weight excluding hydrogens is 523 g/mol. The van der Waals surface area contributed by atoms with Gasteiger partial charge < -0.3 is 9.80 Å². The molecule has 10 heteroatoms. The lowest BCUT2D eigenvalue weighted by Gasteiger charge is -2.36. The maximum Gasteiger partial charge on any atom is 0.242 e. The number of nitrogens with one attached hydrogen (secondary N) is 1. The molecule has 1 saturated heterocycles. The van der Waals surface area contributed by atoms with Crippen molar-refractivity contribution in [3.05, 3.63) is 52.3 Å². The molecule has 0 radical (unpaired) electrons. The molecule has 0 aromatic heterocycles. The number of hydrogen-bond acceptors (Lipinski definition) is 5. The molecule has 3 aliphatic rings. The second-order valence-corrected chi connectivity index (χ2v) is 11.8. The molecule has 1 aliphatic carbocycles. The predicted molar refractivity (Wildman–Crippen MR) is 133 cm³/mol. The van der Waals surface area contributed by atoms with E-state index in [0.29, 0.717) is 48.4 Å². The zero-order valence-electron chi connectivity index (χ0n) is 18.8. The number of anilines is 2. The minimum Gasteiger partial charge on any atom is -0.367 e. The van der Waals surface area contributed by atoms with Crippen LogP contribution in [0.5, 0.6) is 0 Å². The van der Waals surface area contributed by atoms with E-state index in [1.165, 1.54) is 6.07 Å². The number of amides is 1. The quantitative estimate of drug-likeness (QED) is 0.573. The Balaban J connectivity index is 1.22. The number of sulfonamides is 1. The number of piperazine rings is 1. The second kappa shape index (κ2) is 9.56. The number of nitrogens with zero attached hydrogens (tertiary/aromatic N) is 3. The number of benzene rings is 2. The van der Waals surface area contributed by atoms with Crippen LogP contribution in [0.4, 0.5) is 15.8 Å². The molecule has 1 saturated carbocycles. The lowest BCUT2D eigenvalue weighted by Crippen LogP contribution is -2.48. The Kier molecular flexibility index (Phi) is 6.67. The van der Waals surface area contributed by atoms with Gasteiger partial charge in [-0.2, -0.15) is 0 Å². The fourth-order valence-corrected chi connectivity index (χ4v) is 6.73. The Hall–Kier alpha value is -2.01. The van der Waals surface area contributed by atoms with E-state index in [0.717, 1.165) is 31.5 Å². The summed E-state index contributed by atoms with van der Waals surface area (Å²) in [7, 11) is -3.80. The zero-order chi connectivity index (χ0) is 23.9. The van der Waals surface area contributed by atoms with Crippen molar-refractivity contribution in [2.45, 2.75) is 24.2 Å². The third kappa shape index (κ3) is 4.86. The summed E-state index contributed by atoms with van der Waals surface area (Å²) in [4.78, 5) is 18.8. The molecule has 0 spiro atoms. The van der Waals surface area contributed by atoms with Crippen molar-refractivity contribution in [1.82, 2.24) is 9.62 Å². The number of fused-ring (bicyclic) bond motifs is 1. The first-order valence-electron chi connectivity index (χ1n) is 11.7. The van der Waals surface area contributed by atoms with Crippen LogP contribution in [0, 0.1) is 11.7 Å². The highest BCUT2D eigenvalue weighted by Gasteiger charge is 2.39. The van der Waals surface area contributed by atoms with Crippen molar-refractivity contribution in [2.75, 3.05) is 55.6 Å². The molecule has 7 nitrogen and oxygen atoms in total. The number of halogens is 2. The number of para-hydroxylation sites is 1. The van der Waals surface area contributed by atoms with Crippen LogP contribution in [0.15, 0.2) is 45.8 Å². The Morgan fingerprint density at radius 1 is 1.09 bits per heavy atom. The maximum absolute atomic E-state index is 14.1. The Morgan fingerprint density at radius 2 is 1.82 bits per heavy atom. The van der Waals surface area contributed by atoms with Crippen molar-refractivity contribution in [3.63, 3.8) is 0 Å². The summed E-state index contributed by atoms with van der Waals surface area (Å²) >= 11 is 3.43. The smallest absolute Gasteiger partial charge is 0.242 e. The molecule has 182 valence electrons. The van der Waals surface area contributed by atoms with Gasteiger partial charge in [0.05, 0.1) is 11.4 Å². The Bertz CT molecular complexity index is 1200. The summed E-state index contributed by atoms with van der Waals surface area (Å²) in [6.07, 6.45) is 2.42. The van der Waals surface area contributed by atoms with Crippen molar-refractivity contribution in [1.29, 1.82) is 0 Å². The summed E-state index contributed by atoms with van der Waals surface area (Å²) in [5, 5.41) is 0. The SMILES string of the molecule is O=C(C1CC1)N1CCc2cc(Br)cc(S(=O)(=O)NCCN3CCN(c4ccccc4F)CC3)c21. The number of rotatable bonds is 7. The molecular formula is C24H28BrFN4O3S. The van der Waals surface area contributed by atoms with Gasteiger partial charge in [-0.15, -0.1) is 0 Å².